The molecule has 0 spiro atoms. The van der Waals surface area contributed by atoms with Gasteiger partial charge in [-0.2, -0.15) is 0 Å². The molecule has 1 atom stereocenters. The third-order valence-electron chi connectivity index (χ3n) is 2.84. The quantitative estimate of drug-likeness (QED) is 0.672. The number of hydrogen-bond donors (Lipinski definition) is 1. The molecule has 0 aliphatic heterocycles. The van der Waals surface area contributed by atoms with Gasteiger partial charge in [0, 0.05) is 17.0 Å². The summed E-state index contributed by atoms with van der Waals surface area (Å²) in [6.07, 6.45) is 1.07. The molecule has 0 aromatic carbocycles. The second-order valence-corrected chi connectivity index (χ2v) is 5.39. The number of nitro groups is 1. The first-order valence-electron chi connectivity index (χ1n) is 6.15. The molecule has 8 heteroatoms. The molecule has 1 amide bonds. The van der Waals surface area contributed by atoms with Crippen LogP contribution in [0.4, 0.5) is 5.69 Å². The summed E-state index contributed by atoms with van der Waals surface area (Å²) < 4.78 is 1.02. The van der Waals surface area contributed by atoms with Crippen LogP contribution < -0.4 is 10.9 Å². The molecule has 0 radical (unpaired) electrons. The molecular formula is C13H13N3O4S. The maximum Gasteiger partial charge on any atom is 0.285 e. The van der Waals surface area contributed by atoms with Crippen LogP contribution >= 0.6 is 11.3 Å². The van der Waals surface area contributed by atoms with Gasteiger partial charge in [-0.05, 0) is 18.4 Å². The number of carbonyl (C=O) groups excluding carboxylic acids is 1. The molecule has 2 rings (SSSR count). The van der Waals surface area contributed by atoms with E-state index in [1.165, 1.54) is 11.3 Å². The lowest BCUT2D eigenvalue weighted by Gasteiger charge is -2.12. The van der Waals surface area contributed by atoms with Gasteiger partial charge in [0.2, 0.25) is 5.91 Å². The standard InChI is InChI=1S/C13H13N3O4S/c1-9(11-3-2-6-21-11)14-12(17)8-15-7-10(16(19)20)4-5-13(15)18/h2-7,9H,8H2,1H3,(H,14,17). The van der Waals surface area contributed by atoms with E-state index in [2.05, 4.69) is 5.32 Å². The summed E-state index contributed by atoms with van der Waals surface area (Å²) in [7, 11) is 0. The number of nitrogens with one attached hydrogen (secondary N) is 1. The van der Waals surface area contributed by atoms with Crippen LogP contribution in [0.25, 0.3) is 0 Å². The zero-order chi connectivity index (χ0) is 15.4. The van der Waals surface area contributed by atoms with Gasteiger partial charge in [-0.15, -0.1) is 11.3 Å². The van der Waals surface area contributed by atoms with Gasteiger partial charge in [-0.1, -0.05) is 6.07 Å². The zero-order valence-corrected chi connectivity index (χ0v) is 12.0. The number of amides is 1. The largest absolute Gasteiger partial charge is 0.347 e. The van der Waals surface area contributed by atoms with Gasteiger partial charge < -0.3 is 5.32 Å². The molecule has 2 aromatic rings. The average molecular weight is 307 g/mol. The molecule has 21 heavy (non-hydrogen) atoms. The van der Waals surface area contributed by atoms with Crippen molar-refractivity contribution in [1.82, 2.24) is 9.88 Å². The highest BCUT2D eigenvalue weighted by molar-refractivity contribution is 7.10. The Bertz CT molecular complexity index is 708. The fraction of sp³-hybridized carbons (Fsp3) is 0.231. The topological polar surface area (TPSA) is 94.2 Å². The summed E-state index contributed by atoms with van der Waals surface area (Å²) >= 11 is 1.52. The van der Waals surface area contributed by atoms with E-state index in [4.69, 9.17) is 0 Å². The number of hydrogen-bond acceptors (Lipinski definition) is 5. The minimum Gasteiger partial charge on any atom is -0.347 e. The SMILES string of the molecule is CC(NC(=O)Cn1cc([N+](=O)[O-])ccc1=O)c1cccs1. The minimum atomic E-state index is -0.609. The fourth-order valence-corrected chi connectivity index (χ4v) is 2.54. The Morgan fingerprint density at radius 2 is 2.24 bits per heavy atom. The van der Waals surface area contributed by atoms with Crippen LogP contribution in [0.1, 0.15) is 17.8 Å². The van der Waals surface area contributed by atoms with Gasteiger partial charge in [0.05, 0.1) is 17.2 Å². The van der Waals surface area contributed by atoms with Crippen molar-refractivity contribution in [1.29, 1.82) is 0 Å². The number of carbonyl (C=O) groups is 1. The number of thiophene rings is 1. The summed E-state index contributed by atoms with van der Waals surface area (Å²) in [6.45, 7) is 1.58. The van der Waals surface area contributed by atoms with Crippen LogP contribution in [0.5, 0.6) is 0 Å². The van der Waals surface area contributed by atoms with E-state index in [9.17, 15) is 19.7 Å². The highest BCUT2D eigenvalue weighted by Gasteiger charge is 2.13. The number of pyridine rings is 1. The Kier molecular flexibility index (Phi) is 4.49. The zero-order valence-electron chi connectivity index (χ0n) is 11.2. The third-order valence-corrected chi connectivity index (χ3v) is 3.90. The summed E-state index contributed by atoms with van der Waals surface area (Å²) in [5, 5.41) is 15.3. The van der Waals surface area contributed by atoms with Gasteiger partial charge >= 0.3 is 0 Å². The lowest BCUT2D eigenvalue weighted by Crippen LogP contribution is -2.33. The first-order valence-corrected chi connectivity index (χ1v) is 7.03. The first kappa shape index (κ1) is 14.9. The molecule has 0 bridgehead atoms. The lowest BCUT2D eigenvalue weighted by molar-refractivity contribution is -0.385. The van der Waals surface area contributed by atoms with Crippen LogP contribution in [0.3, 0.4) is 0 Å². The number of nitrogens with zero attached hydrogens (tertiary/aromatic N) is 2. The molecule has 7 nitrogen and oxygen atoms in total. The Morgan fingerprint density at radius 3 is 2.86 bits per heavy atom. The molecule has 0 saturated carbocycles. The van der Waals surface area contributed by atoms with Crippen molar-refractivity contribution < 1.29 is 9.72 Å². The molecule has 1 N–H and O–H groups in total. The van der Waals surface area contributed by atoms with Crippen molar-refractivity contribution in [3.8, 4) is 0 Å². The second-order valence-electron chi connectivity index (χ2n) is 4.42. The highest BCUT2D eigenvalue weighted by atomic mass is 32.1. The van der Waals surface area contributed by atoms with E-state index in [1.54, 1.807) is 0 Å². The molecule has 2 heterocycles. The second kappa shape index (κ2) is 6.31. The highest BCUT2D eigenvalue weighted by Crippen LogP contribution is 2.17. The summed E-state index contributed by atoms with van der Waals surface area (Å²) in [6, 6.07) is 5.80. The monoisotopic (exact) mass is 307 g/mol. The van der Waals surface area contributed by atoms with E-state index in [0.717, 1.165) is 27.8 Å². The van der Waals surface area contributed by atoms with E-state index >= 15 is 0 Å². The molecule has 1 unspecified atom stereocenters. The van der Waals surface area contributed by atoms with Crippen LogP contribution in [0, 0.1) is 10.1 Å². The molecule has 2 aromatic heterocycles. The van der Waals surface area contributed by atoms with Crippen molar-refractivity contribution in [2.45, 2.75) is 19.5 Å². The maximum absolute atomic E-state index is 11.9. The summed E-state index contributed by atoms with van der Waals surface area (Å²) in [4.78, 5) is 34.6. The van der Waals surface area contributed by atoms with Gasteiger partial charge in [0.25, 0.3) is 11.2 Å². The maximum atomic E-state index is 11.9. The van der Waals surface area contributed by atoms with Crippen LogP contribution in [-0.2, 0) is 11.3 Å². The normalized spacial score (nSPS) is 11.9. The summed E-state index contributed by atoms with van der Waals surface area (Å²) in [5.74, 6) is -0.376. The molecule has 110 valence electrons. The Labute approximate surface area is 124 Å². The van der Waals surface area contributed by atoms with Crippen LogP contribution in [0.15, 0.2) is 40.6 Å². The van der Waals surface area contributed by atoms with Crippen molar-refractivity contribution in [2.75, 3.05) is 0 Å². The molecule has 0 saturated heterocycles. The van der Waals surface area contributed by atoms with E-state index in [-0.39, 0.29) is 24.2 Å². The Balaban J connectivity index is 2.07. The Hall–Kier alpha value is -2.48. The lowest BCUT2D eigenvalue weighted by atomic mass is 10.3. The van der Waals surface area contributed by atoms with E-state index in [1.807, 2.05) is 24.4 Å². The van der Waals surface area contributed by atoms with Crippen molar-refractivity contribution in [2.24, 2.45) is 0 Å². The van der Waals surface area contributed by atoms with Crippen LogP contribution in [-0.4, -0.2) is 15.4 Å². The van der Waals surface area contributed by atoms with E-state index < -0.39 is 10.5 Å². The number of aromatic nitrogens is 1. The van der Waals surface area contributed by atoms with Gasteiger partial charge in [-0.25, -0.2) is 0 Å². The first-order chi connectivity index (χ1) is 9.97. The average Bonchev–Trinajstić information content (AvgIpc) is 2.95. The predicted molar refractivity (Wildman–Crippen MR) is 78.2 cm³/mol. The molecular weight excluding hydrogens is 294 g/mol. The molecule has 0 aliphatic carbocycles. The van der Waals surface area contributed by atoms with Gasteiger partial charge in [-0.3, -0.25) is 24.3 Å². The van der Waals surface area contributed by atoms with Crippen molar-refractivity contribution in [3.05, 3.63) is 61.2 Å². The van der Waals surface area contributed by atoms with Crippen molar-refractivity contribution >= 4 is 22.9 Å². The smallest absolute Gasteiger partial charge is 0.285 e. The number of rotatable bonds is 5. The molecule has 0 aliphatic rings. The predicted octanol–water partition coefficient (Wildman–Crippen LogP) is 1.70. The minimum absolute atomic E-state index is 0.174. The van der Waals surface area contributed by atoms with Gasteiger partial charge in [0.15, 0.2) is 0 Å². The molecule has 0 fully saturated rings. The summed E-state index contributed by atoms with van der Waals surface area (Å²) in [5.41, 5.74) is -0.687. The Morgan fingerprint density at radius 1 is 1.48 bits per heavy atom. The van der Waals surface area contributed by atoms with E-state index in [0.29, 0.717) is 0 Å². The van der Waals surface area contributed by atoms with Crippen LogP contribution in [0.2, 0.25) is 0 Å². The third kappa shape index (κ3) is 3.76. The fourth-order valence-electron chi connectivity index (χ4n) is 1.80. The van der Waals surface area contributed by atoms with Crippen molar-refractivity contribution in [3.63, 3.8) is 0 Å². The van der Waals surface area contributed by atoms with Gasteiger partial charge in [0.1, 0.15) is 6.54 Å².